The van der Waals surface area contributed by atoms with Crippen LogP contribution in [0.5, 0.6) is 0 Å². The van der Waals surface area contributed by atoms with Crippen molar-refractivity contribution in [1.82, 2.24) is 27.4 Å². The molecule has 0 aromatic carbocycles. The van der Waals surface area contributed by atoms with Gasteiger partial charge in [0.15, 0.2) is 0 Å². The van der Waals surface area contributed by atoms with Gasteiger partial charge in [-0.3, -0.25) is 0 Å². The van der Waals surface area contributed by atoms with E-state index in [4.69, 9.17) is 0 Å². The van der Waals surface area contributed by atoms with E-state index in [2.05, 4.69) is 0 Å². The zero-order chi connectivity index (χ0) is 21.2. The van der Waals surface area contributed by atoms with E-state index < -0.39 is 34.1 Å². The predicted octanol–water partition coefficient (Wildman–Crippen LogP) is -3.11. The van der Waals surface area contributed by atoms with E-state index in [1.54, 1.807) is 0 Å². The molecule has 2 aromatic heterocycles. The second kappa shape index (κ2) is 8.68. The van der Waals surface area contributed by atoms with Crippen LogP contribution in [0.25, 0.3) is 0 Å². The predicted molar refractivity (Wildman–Crippen MR) is 107 cm³/mol. The molecule has 0 amide bonds. The summed E-state index contributed by atoms with van der Waals surface area (Å²) in [6.07, 6.45) is 0. The Morgan fingerprint density at radius 1 is 0.500 bits per heavy atom. The van der Waals surface area contributed by atoms with Gasteiger partial charge in [0.25, 0.3) is 0 Å². The molecule has 2 heterocycles. The monoisotopic (exact) mass is 432 g/mol. The second-order valence-corrected chi connectivity index (χ2v) is 8.58. The fourth-order valence-corrected chi connectivity index (χ4v) is 4.33. The Morgan fingerprint density at radius 2 is 0.750 bits per heavy atom. The van der Waals surface area contributed by atoms with Crippen molar-refractivity contribution < 1.29 is 0 Å². The van der Waals surface area contributed by atoms with Crippen molar-refractivity contribution in [3.63, 3.8) is 0 Å². The lowest BCUT2D eigenvalue weighted by atomic mass is 10.7. The van der Waals surface area contributed by atoms with E-state index in [9.17, 15) is 28.8 Å². The highest BCUT2D eigenvalue weighted by atomic mass is 33.1. The normalized spacial score (nSPS) is 11.1. The minimum absolute atomic E-state index is 0.110. The minimum Gasteiger partial charge on any atom is -0.248 e. The molecular formula is C14H20N6O6S2. The van der Waals surface area contributed by atoms with Crippen molar-refractivity contribution in [2.24, 2.45) is 28.2 Å². The molecule has 0 saturated heterocycles. The zero-order valence-corrected chi connectivity index (χ0v) is 17.4. The molecular weight excluding hydrogens is 412 g/mol. The lowest BCUT2D eigenvalue weighted by Crippen LogP contribution is -2.53. The van der Waals surface area contributed by atoms with E-state index in [0.717, 1.165) is 27.4 Å². The summed E-state index contributed by atoms with van der Waals surface area (Å²) in [5, 5.41) is 0. The quantitative estimate of drug-likeness (QED) is 0.332. The molecule has 28 heavy (non-hydrogen) atoms. The molecule has 12 nitrogen and oxygen atoms in total. The van der Waals surface area contributed by atoms with E-state index in [-0.39, 0.29) is 13.1 Å². The summed E-state index contributed by atoms with van der Waals surface area (Å²) in [6.45, 7) is 0.220. The van der Waals surface area contributed by atoms with Crippen LogP contribution in [0.1, 0.15) is 0 Å². The van der Waals surface area contributed by atoms with E-state index in [1.165, 1.54) is 49.8 Å². The molecule has 0 N–H and O–H groups in total. The molecule has 0 bridgehead atoms. The van der Waals surface area contributed by atoms with Crippen molar-refractivity contribution in [1.29, 1.82) is 0 Å². The molecule has 0 saturated carbocycles. The van der Waals surface area contributed by atoms with Crippen LogP contribution in [-0.4, -0.2) is 38.9 Å². The first kappa shape index (κ1) is 21.8. The van der Waals surface area contributed by atoms with E-state index in [1.807, 2.05) is 0 Å². The van der Waals surface area contributed by atoms with Crippen molar-refractivity contribution in [2.45, 2.75) is 13.1 Å². The SMILES string of the molecule is Cn1c(=O)n(C)c(=O)n(CCSSCCn2c(=O)n(C)c(=O)n(C)c2=O)c1=O. The standard InChI is InChI=1S/C14H20N6O6S2/c1-15-9(21)16(2)12(24)19(11(15)23)5-7-27-28-8-6-20-13(25)17(3)10(22)18(4)14(20)26/h5-8H2,1-4H3. The van der Waals surface area contributed by atoms with Gasteiger partial charge >= 0.3 is 34.1 Å². The maximum absolute atomic E-state index is 12.0. The van der Waals surface area contributed by atoms with Crippen LogP contribution in [0.2, 0.25) is 0 Å². The fourth-order valence-electron chi connectivity index (χ4n) is 2.42. The topological polar surface area (TPSA) is 132 Å². The second-order valence-electron chi connectivity index (χ2n) is 5.88. The Kier molecular flexibility index (Phi) is 6.77. The largest absolute Gasteiger partial charge is 0.336 e. The summed E-state index contributed by atoms with van der Waals surface area (Å²) >= 11 is 0. The molecule has 0 spiro atoms. The van der Waals surface area contributed by atoms with Crippen LogP contribution >= 0.6 is 21.6 Å². The zero-order valence-electron chi connectivity index (χ0n) is 15.8. The average Bonchev–Trinajstić information content (AvgIpc) is 2.68. The highest BCUT2D eigenvalue weighted by Crippen LogP contribution is 2.20. The van der Waals surface area contributed by atoms with Gasteiger partial charge in [0.05, 0.1) is 0 Å². The van der Waals surface area contributed by atoms with E-state index >= 15 is 0 Å². The van der Waals surface area contributed by atoms with Gasteiger partial charge in [-0.2, -0.15) is 0 Å². The lowest BCUT2D eigenvalue weighted by molar-refractivity contribution is 0.521. The van der Waals surface area contributed by atoms with Gasteiger partial charge in [0.2, 0.25) is 0 Å². The maximum atomic E-state index is 12.0. The summed E-state index contributed by atoms with van der Waals surface area (Å²) in [5.74, 6) is 0.802. The first-order valence-electron chi connectivity index (χ1n) is 8.07. The molecule has 0 unspecified atom stereocenters. The average molecular weight is 432 g/mol. The third-order valence-electron chi connectivity index (χ3n) is 4.10. The van der Waals surface area contributed by atoms with Gasteiger partial charge in [-0.25, -0.2) is 56.2 Å². The summed E-state index contributed by atoms with van der Waals surface area (Å²) in [7, 11) is 7.90. The van der Waals surface area contributed by atoms with Crippen molar-refractivity contribution in [3.8, 4) is 0 Å². The highest BCUT2D eigenvalue weighted by molar-refractivity contribution is 8.76. The summed E-state index contributed by atoms with van der Waals surface area (Å²) in [4.78, 5) is 71.4. The first-order valence-corrected chi connectivity index (χ1v) is 10.6. The molecule has 0 atom stereocenters. The summed E-state index contributed by atoms with van der Waals surface area (Å²) in [5.41, 5.74) is -4.09. The molecule has 2 aromatic rings. The lowest BCUT2D eigenvalue weighted by Gasteiger charge is -2.09. The third-order valence-corrected chi connectivity index (χ3v) is 6.46. The molecule has 0 aliphatic carbocycles. The highest BCUT2D eigenvalue weighted by Gasteiger charge is 2.11. The Balaban J connectivity index is 1.98. The number of aromatic nitrogens is 6. The molecule has 154 valence electrons. The molecule has 0 fully saturated rings. The Morgan fingerprint density at radius 3 is 1.00 bits per heavy atom. The molecule has 2 rings (SSSR count). The van der Waals surface area contributed by atoms with Crippen LogP contribution in [0, 0.1) is 0 Å². The van der Waals surface area contributed by atoms with Crippen LogP contribution in [0.15, 0.2) is 28.8 Å². The molecule has 0 aliphatic rings. The Labute approximate surface area is 165 Å². The van der Waals surface area contributed by atoms with Crippen LogP contribution in [0.4, 0.5) is 0 Å². The molecule has 14 heteroatoms. The summed E-state index contributed by atoms with van der Waals surface area (Å²) < 4.78 is 5.40. The van der Waals surface area contributed by atoms with Gasteiger partial charge in [0.1, 0.15) is 0 Å². The first-order chi connectivity index (χ1) is 13.1. The van der Waals surface area contributed by atoms with Gasteiger partial charge in [-0.05, 0) is 0 Å². The summed E-state index contributed by atoms with van der Waals surface area (Å²) in [6, 6.07) is 0. The number of hydrogen-bond acceptors (Lipinski definition) is 8. The van der Waals surface area contributed by atoms with Crippen LogP contribution in [-0.2, 0) is 41.3 Å². The molecule has 0 aliphatic heterocycles. The van der Waals surface area contributed by atoms with Crippen LogP contribution in [0.3, 0.4) is 0 Å². The third kappa shape index (κ3) is 4.01. The number of nitrogens with zero attached hydrogens (tertiary/aromatic N) is 6. The minimum atomic E-state index is -0.683. The smallest absolute Gasteiger partial charge is 0.248 e. The van der Waals surface area contributed by atoms with Gasteiger partial charge in [0, 0.05) is 52.8 Å². The van der Waals surface area contributed by atoms with Gasteiger partial charge in [-0.15, -0.1) is 0 Å². The number of hydrogen-bond donors (Lipinski definition) is 0. The maximum Gasteiger partial charge on any atom is 0.336 e. The van der Waals surface area contributed by atoms with Gasteiger partial charge < -0.3 is 0 Å². The van der Waals surface area contributed by atoms with Crippen LogP contribution < -0.4 is 34.1 Å². The molecule has 0 radical (unpaired) electrons. The van der Waals surface area contributed by atoms with Gasteiger partial charge in [-0.1, -0.05) is 21.6 Å². The Bertz CT molecular complexity index is 1070. The number of rotatable bonds is 7. The fraction of sp³-hybridized carbons (Fsp3) is 0.571. The van der Waals surface area contributed by atoms with Crippen molar-refractivity contribution in [3.05, 3.63) is 62.9 Å². The van der Waals surface area contributed by atoms with Crippen molar-refractivity contribution >= 4 is 21.6 Å². The van der Waals surface area contributed by atoms with E-state index in [0.29, 0.717) is 11.5 Å². The Hall–Kier alpha value is -2.48. The van der Waals surface area contributed by atoms with Crippen molar-refractivity contribution in [2.75, 3.05) is 11.5 Å².